The van der Waals surface area contributed by atoms with Gasteiger partial charge in [0.1, 0.15) is 11.6 Å². The number of aliphatic hydroxyl groups is 1. The number of aliphatic hydroxyl groups excluding tert-OH is 1. The Morgan fingerprint density at radius 3 is 2.57 bits per heavy atom. The van der Waals surface area contributed by atoms with Gasteiger partial charge in [-0.25, -0.2) is 9.97 Å². The molecule has 1 aliphatic carbocycles. The van der Waals surface area contributed by atoms with Gasteiger partial charge in [-0.1, -0.05) is 31.2 Å². The Kier molecular flexibility index (Phi) is 4.91. The number of nitrogens with one attached hydrogen (secondary N) is 1. The summed E-state index contributed by atoms with van der Waals surface area (Å²) in [6.07, 6.45) is 5.46. The summed E-state index contributed by atoms with van der Waals surface area (Å²) in [5, 5.41) is 13.3. The average molecular weight is 311 g/mol. The smallest absolute Gasteiger partial charge is 0.133 e. The van der Waals surface area contributed by atoms with Crippen LogP contribution in [0.2, 0.25) is 0 Å². The van der Waals surface area contributed by atoms with Crippen LogP contribution in [0.5, 0.6) is 0 Å². The molecule has 4 heteroatoms. The summed E-state index contributed by atoms with van der Waals surface area (Å²) in [4.78, 5) is 9.19. The lowest BCUT2D eigenvalue weighted by Crippen LogP contribution is -2.20. The number of aromatic nitrogens is 2. The van der Waals surface area contributed by atoms with Gasteiger partial charge in [-0.2, -0.15) is 0 Å². The summed E-state index contributed by atoms with van der Waals surface area (Å²) in [6.45, 7) is 4.13. The summed E-state index contributed by atoms with van der Waals surface area (Å²) < 4.78 is 0. The molecule has 122 valence electrons. The molecule has 1 aromatic carbocycles. The number of aryl methyl sites for hydroxylation is 3. The van der Waals surface area contributed by atoms with Gasteiger partial charge < -0.3 is 10.4 Å². The summed E-state index contributed by atoms with van der Waals surface area (Å²) >= 11 is 0. The van der Waals surface area contributed by atoms with E-state index in [0.29, 0.717) is 0 Å². The van der Waals surface area contributed by atoms with E-state index in [1.165, 1.54) is 29.7 Å². The number of anilines is 1. The molecule has 1 unspecified atom stereocenters. The van der Waals surface area contributed by atoms with Gasteiger partial charge >= 0.3 is 0 Å². The van der Waals surface area contributed by atoms with Crippen LogP contribution in [0, 0.1) is 6.92 Å². The topological polar surface area (TPSA) is 58.0 Å². The maximum Gasteiger partial charge on any atom is 0.133 e. The number of nitrogens with zero attached hydrogens (tertiary/aromatic N) is 2. The average Bonchev–Trinajstić information content (AvgIpc) is 2.59. The molecular formula is C19H25N3O. The number of hydrogen-bond acceptors (Lipinski definition) is 4. The van der Waals surface area contributed by atoms with E-state index in [0.717, 1.165) is 36.5 Å². The molecule has 0 saturated carbocycles. The van der Waals surface area contributed by atoms with Crippen molar-refractivity contribution in [2.45, 2.75) is 52.0 Å². The molecule has 2 N–H and O–H groups in total. The molecule has 3 rings (SSSR count). The van der Waals surface area contributed by atoms with Crippen LogP contribution in [-0.4, -0.2) is 21.7 Å². The van der Waals surface area contributed by atoms with Crippen LogP contribution in [0.4, 0.5) is 5.82 Å². The largest absolute Gasteiger partial charge is 0.394 e. The van der Waals surface area contributed by atoms with Gasteiger partial charge in [-0.15, -0.1) is 0 Å². The van der Waals surface area contributed by atoms with Crippen LogP contribution >= 0.6 is 0 Å². The second-order valence-corrected chi connectivity index (χ2v) is 6.23. The molecule has 1 aliphatic rings. The van der Waals surface area contributed by atoms with Crippen molar-refractivity contribution in [1.82, 2.24) is 9.97 Å². The normalized spacial score (nSPS) is 15.1. The van der Waals surface area contributed by atoms with Crippen molar-refractivity contribution < 1.29 is 5.11 Å². The zero-order chi connectivity index (χ0) is 16.2. The Hall–Kier alpha value is -1.94. The highest BCUT2D eigenvalue weighted by molar-refractivity contribution is 5.49. The fraction of sp³-hybridized carbons (Fsp3) is 0.474. The van der Waals surface area contributed by atoms with E-state index < -0.39 is 0 Å². The fourth-order valence-corrected chi connectivity index (χ4v) is 3.22. The van der Waals surface area contributed by atoms with Crippen LogP contribution < -0.4 is 5.32 Å². The number of rotatable bonds is 5. The third-order valence-electron chi connectivity index (χ3n) is 4.58. The van der Waals surface area contributed by atoms with Crippen LogP contribution in [0.1, 0.15) is 54.0 Å². The van der Waals surface area contributed by atoms with E-state index in [2.05, 4.69) is 46.5 Å². The number of hydrogen-bond donors (Lipinski definition) is 2. The molecule has 0 aliphatic heterocycles. The Morgan fingerprint density at radius 1 is 1.13 bits per heavy atom. The van der Waals surface area contributed by atoms with Gasteiger partial charge in [0.15, 0.2) is 0 Å². The monoisotopic (exact) mass is 311 g/mol. The summed E-state index contributed by atoms with van der Waals surface area (Å²) in [7, 11) is 0. The molecule has 0 amide bonds. The van der Waals surface area contributed by atoms with E-state index in [1.54, 1.807) is 0 Å². The molecule has 0 fully saturated rings. The van der Waals surface area contributed by atoms with E-state index in [4.69, 9.17) is 0 Å². The van der Waals surface area contributed by atoms with Gasteiger partial charge in [-0.05, 0) is 50.2 Å². The predicted molar refractivity (Wildman–Crippen MR) is 92.7 cm³/mol. The van der Waals surface area contributed by atoms with E-state index >= 15 is 0 Å². The molecule has 1 atom stereocenters. The van der Waals surface area contributed by atoms with E-state index in [9.17, 15) is 5.11 Å². The zero-order valence-corrected chi connectivity index (χ0v) is 14.0. The van der Waals surface area contributed by atoms with Crippen molar-refractivity contribution in [2.24, 2.45) is 0 Å². The summed E-state index contributed by atoms with van der Waals surface area (Å²) in [5.74, 6) is 1.69. The minimum atomic E-state index is -0.138. The maximum absolute atomic E-state index is 9.83. The van der Waals surface area contributed by atoms with Crippen LogP contribution in [-0.2, 0) is 19.3 Å². The first kappa shape index (κ1) is 15.9. The van der Waals surface area contributed by atoms with Crippen molar-refractivity contribution in [3.8, 4) is 0 Å². The van der Waals surface area contributed by atoms with Gasteiger partial charge in [0, 0.05) is 11.3 Å². The van der Waals surface area contributed by atoms with Gasteiger partial charge in [-0.3, -0.25) is 0 Å². The molecule has 1 aromatic heterocycles. The van der Waals surface area contributed by atoms with Gasteiger partial charge in [0.05, 0.1) is 12.6 Å². The summed E-state index contributed by atoms with van der Waals surface area (Å²) in [6, 6.07) is 8.29. The SMILES string of the molecule is CCc1ccc(C(CO)Nc2nc(C)nc3c2CCCC3)cc1. The quantitative estimate of drug-likeness (QED) is 0.889. The molecule has 0 radical (unpaired) electrons. The van der Waals surface area contributed by atoms with Crippen LogP contribution in [0.3, 0.4) is 0 Å². The lowest BCUT2D eigenvalue weighted by Gasteiger charge is -2.23. The lowest BCUT2D eigenvalue weighted by atomic mass is 9.96. The molecule has 23 heavy (non-hydrogen) atoms. The maximum atomic E-state index is 9.83. The van der Waals surface area contributed by atoms with E-state index in [1.807, 2.05) is 6.92 Å². The zero-order valence-electron chi connectivity index (χ0n) is 14.0. The third kappa shape index (κ3) is 3.53. The summed E-state index contributed by atoms with van der Waals surface area (Å²) in [5.41, 5.74) is 4.79. The molecule has 2 aromatic rings. The molecule has 4 nitrogen and oxygen atoms in total. The highest BCUT2D eigenvalue weighted by atomic mass is 16.3. The fourth-order valence-electron chi connectivity index (χ4n) is 3.22. The van der Waals surface area contributed by atoms with Crippen molar-refractivity contribution >= 4 is 5.82 Å². The molecular weight excluding hydrogens is 286 g/mol. The lowest BCUT2D eigenvalue weighted by molar-refractivity contribution is 0.276. The van der Waals surface area contributed by atoms with Crippen molar-refractivity contribution in [2.75, 3.05) is 11.9 Å². The Bertz CT molecular complexity index is 667. The Balaban J connectivity index is 1.88. The first-order chi connectivity index (χ1) is 11.2. The third-order valence-corrected chi connectivity index (χ3v) is 4.58. The first-order valence-electron chi connectivity index (χ1n) is 8.54. The minimum Gasteiger partial charge on any atom is -0.394 e. The van der Waals surface area contributed by atoms with E-state index in [-0.39, 0.29) is 12.6 Å². The van der Waals surface area contributed by atoms with Crippen molar-refractivity contribution in [3.05, 3.63) is 52.5 Å². The molecule has 0 spiro atoms. The Morgan fingerprint density at radius 2 is 1.87 bits per heavy atom. The van der Waals surface area contributed by atoms with Gasteiger partial charge in [0.25, 0.3) is 0 Å². The number of benzene rings is 1. The van der Waals surface area contributed by atoms with Crippen LogP contribution in [0.25, 0.3) is 0 Å². The predicted octanol–water partition coefficient (Wildman–Crippen LogP) is 3.37. The first-order valence-corrected chi connectivity index (χ1v) is 8.54. The standard InChI is InChI=1S/C19H25N3O/c1-3-14-8-10-15(11-9-14)18(12-23)22-19-16-6-4-5-7-17(16)20-13(2)21-19/h8-11,18,23H,3-7,12H2,1-2H3,(H,20,21,22). The molecule has 0 bridgehead atoms. The molecule has 1 heterocycles. The minimum absolute atomic E-state index is 0.0449. The number of fused-ring (bicyclic) bond motifs is 1. The Labute approximate surface area is 138 Å². The highest BCUT2D eigenvalue weighted by Gasteiger charge is 2.19. The van der Waals surface area contributed by atoms with Crippen molar-refractivity contribution in [3.63, 3.8) is 0 Å². The molecule has 0 saturated heterocycles. The van der Waals surface area contributed by atoms with Gasteiger partial charge in [0.2, 0.25) is 0 Å². The van der Waals surface area contributed by atoms with Crippen molar-refractivity contribution in [1.29, 1.82) is 0 Å². The highest BCUT2D eigenvalue weighted by Crippen LogP contribution is 2.28. The second-order valence-electron chi connectivity index (χ2n) is 6.23. The van der Waals surface area contributed by atoms with Crippen LogP contribution in [0.15, 0.2) is 24.3 Å². The second kappa shape index (κ2) is 7.09.